The average molecular weight is 522 g/mol. The third kappa shape index (κ3) is 9.92. The second kappa shape index (κ2) is 12.4. The van der Waals surface area contributed by atoms with Gasteiger partial charge in [-0.25, -0.2) is 4.79 Å². The Bertz CT molecular complexity index is 1030. The zero-order chi connectivity index (χ0) is 26.9. The number of anilines is 1. The minimum Gasteiger partial charge on any atom is -0.494 e. The second-order valence-corrected chi connectivity index (χ2v) is 7.49. The molecule has 0 heterocycles. The van der Waals surface area contributed by atoms with Crippen molar-refractivity contribution in [3.63, 3.8) is 0 Å². The highest BCUT2D eigenvalue weighted by Gasteiger charge is 2.31. The van der Waals surface area contributed by atoms with Crippen LogP contribution < -0.4 is 20.5 Å². The summed E-state index contributed by atoms with van der Waals surface area (Å²) in [4.78, 5) is 25.1. The van der Waals surface area contributed by atoms with Crippen LogP contribution >= 0.6 is 0 Å². The van der Waals surface area contributed by atoms with E-state index >= 15 is 0 Å². The van der Waals surface area contributed by atoms with Gasteiger partial charge in [0.2, 0.25) is 0 Å². The summed E-state index contributed by atoms with van der Waals surface area (Å²) in [6.45, 7) is 1.37. The molecule has 13 heteroatoms. The third-order valence-electron chi connectivity index (χ3n) is 4.61. The van der Waals surface area contributed by atoms with E-state index < -0.39 is 42.6 Å². The van der Waals surface area contributed by atoms with Crippen molar-refractivity contribution in [2.45, 2.75) is 44.8 Å². The van der Waals surface area contributed by atoms with Gasteiger partial charge in [-0.1, -0.05) is 12.1 Å². The highest BCUT2D eigenvalue weighted by Crippen LogP contribution is 2.25. The number of carbonyl (C=O) groups is 2. The van der Waals surface area contributed by atoms with E-state index in [2.05, 4.69) is 10.1 Å². The van der Waals surface area contributed by atoms with Crippen molar-refractivity contribution in [3.05, 3.63) is 53.6 Å². The van der Waals surface area contributed by atoms with Crippen LogP contribution in [0.3, 0.4) is 0 Å². The van der Waals surface area contributed by atoms with Crippen molar-refractivity contribution in [1.82, 2.24) is 5.32 Å². The van der Waals surface area contributed by atoms with Crippen molar-refractivity contribution < 1.29 is 50.1 Å². The number of benzene rings is 2. The van der Waals surface area contributed by atoms with Crippen LogP contribution in [0.1, 0.15) is 35.7 Å². The molecule has 0 aliphatic rings. The van der Waals surface area contributed by atoms with Gasteiger partial charge in [-0.2, -0.15) is 13.2 Å². The molecule has 1 unspecified atom stereocenters. The van der Waals surface area contributed by atoms with E-state index in [4.69, 9.17) is 15.2 Å². The van der Waals surface area contributed by atoms with Crippen LogP contribution in [0.25, 0.3) is 0 Å². The number of halogens is 6. The molecule has 0 saturated carbocycles. The first-order valence-electron chi connectivity index (χ1n) is 10.7. The number of nitrogens with one attached hydrogen (secondary N) is 1. The average Bonchev–Trinajstić information content (AvgIpc) is 2.76. The fourth-order valence-electron chi connectivity index (χ4n) is 3.04. The van der Waals surface area contributed by atoms with Crippen molar-refractivity contribution in [2.75, 3.05) is 18.9 Å². The molecule has 0 aliphatic carbocycles. The monoisotopic (exact) mass is 522 g/mol. The lowest BCUT2D eigenvalue weighted by Gasteiger charge is -2.18. The lowest BCUT2D eigenvalue weighted by molar-refractivity contribution is -0.274. The predicted molar refractivity (Wildman–Crippen MR) is 116 cm³/mol. The summed E-state index contributed by atoms with van der Waals surface area (Å²) < 4.78 is 87.6. The number of rotatable bonds is 11. The van der Waals surface area contributed by atoms with E-state index in [0.717, 1.165) is 12.1 Å². The van der Waals surface area contributed by atoms with Crippen LogP contribution in [0.2, 0.25) is 0 Å². The normalized spacial score (nSPS) is 12.5. The van der Waals surface area contributed by atoms with Gasteiger partial charge in [-0.05, 0) is 43.2 Å². The van der Waals surface area contributed by atoms with Crippen molar-refractivity contribution in [2.24, 2.45) is 0 Å². The number of alkyl halides is 6. The highest BCUT2D eigenvalue weighted by molar-refractivity contribution is 6.01. The Hall–Kier alpha value is -3.64. The number of hydrogen-bond acceptors (Lipinski definition) is 6. The molecule has 0 aliphatic heterocycles. The Labute approximate surface area is 202 Å². The summed E-state index contributed by atoms with van der Waals surface area (Å²) in [5, 5.41) is 2.48. The Morgan fingerprint density at radius 3 is 2.19 bits per heavy atom. The molecule has 1 amide bonds. The zero-order valence-corrected chi connectivity index (χ0v) is 19.0. The molecular formula is C23H24F6N2O5. The Balaban J connectivity index is 2.06. The molecular weight excluding hydrogens is 498 g/mol. The number of hydrogen-bond donors (Lipinski definition) is 2. The maximum absolute atomic E-state index is 12.8. The van der Waals surface area contributed by atoms with Gasteiger partial charge in [-0.3, -0.25) is 4.79 Å². The first-order valence-corrected chi connectivity index (χ1v) is 10.7. The van der Waals surface area contributed by atoms with E-state index in [1.807, 2.05) is 0 Å². The molecule has 0 fully saturated rings. The van der Waals surface area contributed by atoms with Crippen LogP contribution in [0.15, 0.2) is 42.5 Å². The van der Waals surface area contributed by atoms with E-state index in [-0.39, 0.29) is 43.1 Å². The van der Waals surface area contributed by atoms with Crippen LogP contribution in [0.4, 0.5) is 32.0 Å². The SMILES string of the molecule is CCOC(=O)C(Cc1ccc(OC(F)(F)F)cc1)NC(=O)c1ccc(OCCCC(F)(F)F)cc1N. The van der Waals surface area contributed by atoms with Crippen LogP contribution in [0, 0.1) is 0 Å². The molecule has 1 atom stereocenters. The van der Waals surface area contributed by atoms with Gasteiger partial charge in [0.1, 0.15) is 17.5 Å². The Kier molecular flexibility index (Phi) is 9.82. The first-order chi connectivity index (χ1) is 16.8. The Morgan fingerprint density at radius 2 is 1.64 bits per heavy atom. The van der Waals surface area contributed by atoms with Gasteiger partial charge in [0.15, 0.2) is 0 Å². The number of nitrogen functional groups attached to an aromatic ring is 1. The summed E-state index contributed by atoms with van der Waals surface area (Å²) in [5.41, 5.74) is 6.23. The van der Waals surface area contributed by atoms with Crippen molar-refractivity contribution in [3.8, 4) is 11.5 Å². The fraction of sp³-hybridized carbons (Fsp3) is 0.391. The molecule has 2 aromatic rings. The van der Waals surface area contributed by atoms with Crippen molar-refractivity contribution >= 4 is 17.6 Å². The number of amides is 1. The summed E-state index contributed by atoms with van der Waals surface area (Å²) in [6.07, 6.45) is -10.5. The van der Waals surface area contributed by atoms with Gasteiger partial charge in [-0.15, -0.1) is 13.2 Å². The molecule has 198 valence electrons. The van der Waals surface area contributed by atoms with Gasteiger partial charge in [0.05, 0.1) is 18.8 Å². The summed E-state index contributed by atoms with van der Waals surface area (Å²) in [5.74, 6) is -1.80. The lowest BCUT2D eigenvalue weighted by Crippen LogP contribution is -2.43. The maximum atomic E-state index is 12.8. The van der Waals surface area contributed by atoms with Crippen molar-refractivity contribution in [1.29, 1.82) is 0 Å². The van der Waals surface area contributed by atoms with Crippen LogP contribution in [-0.4, -0.2) is 43.7 Å². The number of carbonyl (C=O) groups excluding carboxylic acids is 2. The largest absolute Gasteiger partial charge is 0.573 e. The standard InChI is InChI=1S/C23H24F6N2O5/c1-2-34-21(33)19(12-14-4-6-15(7-5-14)36-23(27,28)29)31-20(32)17-9-8-16(13-18(17)30)35-11-3-10-22(24,25)26/h4-9,13,19H,2-3,10-12,30H2,1H3,(H,31,32). The number of ether oxygens (including phenoxy) is 3. The minimum absolute atomic E-state index is 0.0199. The molecule has 2 aromatic carbocycles. The topological polar surface area (TPSA) is 99.9 Å². The lowest BCUT2D eigenvalue weighted by atomic mass is 10.0. The third-order valence-corrected chi connectivity index (χ3v) is 4.61. The summed E-state index contributed by atoms with van der Waals surface area (Å²) in [6, 6.07) is 7.45. The quantitative estimate of drug-likeness (QED) is 0.191. The molecule has 7 nitrogen and oxygen atoms in total. The molecule has 0 aromatic heterocycles. The Morgan fingerprint density at radius 1 is 1.00 bits per heavy atom. The minimum atomic E-state index is -4.85. The smallest absolute Gasteiger partial charge is 0.494 e. The maximum Gasteiger partial charge on any atom is 0.573 e. The molecule has 2 rings (SSSR count). The van der Waals surface area contributed by atoms with E-state index in [0.29, 0.717) is 5.56 Å². The molecule has 0 bridgehead atoms. The summed E-state index contributed by atoms with van der Waals surface area (Å²) >= 11 is 0. The van der Waals surface area contributed by atoms with Crippen LogP contribution in [-0.2, 0) is 16.0 Å². The second-order valence-electron chi connectivity index (χ2n) is 7.49. The van der Waals surface area contributed by atoms with Gasteiger partial charge >= 0.3 is 18.5 Å². The van der Waals surface area contributed by atoms with Gasteiger partial charge < -0.3 is 25.3 Å². The van der Waals surface area contributed by atoms with Gasteiger partial charge in [0, 0.05) is 24.6 Å². The van der Waals surface area contributed by atoms with Crippen LogP contribution in [0.5, 0.6) is 11.5 Å². The molecule has 0 saturated heterocycles. The number of nitrogens with two attached hydrogens (primary N) is 1. The van der Waals surface area contributed by atoms with E-state index in [1.54, 1.807) is 6.92 Å². The predicted octanol–water partition coefficient (Wildman–Crippen LogP) is 4.79. The first kappa shape index (κ1) is 28.6. The molecule has 0 radical (unpaired) electrons. The zero-order valence-electron chi connectivity index (χ0n) is 19.0. The molecule has 3 N–H and O–H groups in total. The summed E-state index contributed by atoms with van der Waals surface area (Å²) in [7, 11) is 0. The fourth-order valence-corrected chi connectivity index (χ4v) is 3.04. The molecule has 36 heavy (non-hydrogen) atoms. The molecule has 0 spiro atoms. The van der Waals surface area contributed by atoms with Gasteiger partial charge in [0.25, 0.3) is 5.91 Å². The van der Waals surface area contributed by atoms with E-state index in [9.17, 15) is 35.9 Å². The highest BCUT2D eigenvalue weighted by atomic mass is 19.4. The van der Waals surface area contributed by atoms with E-state index in [1.165, 1.54) is 30.3 Å². The number of esters is 1.